The summed E-state index contributed by atoms with van der Waals surface area (Å²) in [5, 5.41) is 4.28. The van der Waals surface area contributed by atoms with Gasteiger partial charge in [-0.3, -0.25) is 4.79 Å². The van der Waals surface area contributed by atoms with Gasteiger partial charge in [0, 0.05) is 31.1 Å². The number of nitrogens with one attached hydrogen (secondary N) is 1. The van der Waals surface area contributed by atoms with E-state index in [0.717, 1.165) is 74.7 Å². The molecule has 5 rings (SSSR count). The molecule has 2 aromatic carbocycles. The molecule has 2 aliphatic rings. The Labute approximate surface area is 220 Å². The third kappa shape index (κ3) is 5.15. The van der Waals surface area contributed by atoms with Crippen molar-refractivity contribution >= 4 is 28.3 Å². The van der Waals surface area contributed by atoms with Gasteiger partial charge >= 0.3 is 6.18 Å². The van der Waals surface area contributed by atoms with Crippen LogP contribution in [-0.4, -0.2) is 33.9 Å². The van der Waals surface area contributed by atoms with Crippen molar-refractivity contribution in [3.63, 3.8) is 0 Å². The summed E-state index contributed by atoms with van der Waals surface area (Å²) >= 11 is 0. The number of carbonyl (C=O) groups is 1. The molecule has 0 bridgehead atoms. The molecule has 202 valence electrons. The number of nitrogens with zero attached hydrogens (tertiary/aromatic N) is 3. The number of amides is 1. The van der Waals surface area contributed by atoms with Crippen LogP contribution in [0.25, 0.3) is 10.9 Å². The summed E-state index contributed by atoms with van der Waals surface area (Å²) in [6.45, 7) is 6.77. The van der Waals surface area contributed by atoms with Crippen LogP contribution in [0.3, 0.4) is 0 Å². The number of aromatic nitrogens is 2. The fourth-order valence-electron chi connectivity index (χ4n) is 6.03. The summed E-state index contributed by atoms with van der Waals surface area (Å²) in [4.78, 5) is 23.3. The van der Waals surface area contributed by atoms with E-state index in [1.54, 1.807) is 13.0 Å². The number of hydrogen-bond acceptors (Lipinski definition) is 5. The molecule has 1 aliphatic heterocycles. The Kier molecular flexibility index (Phi) is 6.96. The first-order valence-corrected chi connectivity index (χ1v) is 13.3. The summed E-state index contributed by atoms with van der Waals surface area (Å²) in [7, 11) is 0. The third-order valence-corrected chi connectivity index (χ3v) is 8.00. The van der Waals surface area contributed by atoms with Crippen LogP contribution >= 0.6 is 0 Å². The molecule has 0 saturated carbocycles. The highest BCUT2D eigenvalue weighted by Gasteiger charge is 2.32. The largest absolute Gasteiger partial charge is 0.416 e. The number of likely N-dealkylation sites (tertiary alicyclic amines) is 1. The van der Waals surface area contributed by atoms with Crippen molar-refractivity contribution in [2.24, 2.45) is 0 Å². The van der Waals surface area contributed by atoms with E-state index in [9.17, 15) is 18.0 Å². The normalized spacial score (nSPS) is 17.4. The minimum Gasteiger partial charge on any atom is -0.399 e. The second kappa shape index (κ2) is 10.1. The molecule has 0 spiro atoms. The van der Waals surface area contributed by atoms with Gasteiger partial charge in [-0.2, -0.15) is 13.2 Å². The van der Waals surface area contributed by atoms with E-state index >= 15 is 0 Å². The van der Waals surface area contributed by atoms with Gasteiger partial charge in [-0.25, -0.2) is 9.97 Å². The van der Waals surface area contributed by atoms with E-state index in [1.807, 2.05) is 18.7 Å². The summed E-state index contributed by atoms with van der Waals surface area (Å²) in [6, 6.07) is 5.40. The molecule has 3 aromatic rings. The predicted octanol–water partition coefficient (Wildman–Crippen LogP) is 6.32. The van der Waals surface area contributed by atoms with Gasteiger partial charge in [0.15, 0.2) is 0 Å². The molecule has 1 atom stereocenters. The maximum absolute atomic E-state index is 13.4. The maximum Gasteiger partial charge on any atom is 0.416 e. The Balaban J connectivity index is 1.56. The predicted molar refractivity (Wildman–Crippen MR) is 143 cm³/mol. The first-order chi connectivity index (χ1) is 18.0. The average molecular weight is 526 g/mol. The van der Waals surface area contributed by atoms with Gasteiger partial charge < -0.3 is 16.0 Å². The van der Waals surface area contributed by atoms with Gasteiger partial charge in [-0.15, -0.1) is 0 Å². The van der Waals surface area contributed by atoms with Crippen LogP contribution in [0.5, 0.6) is 0 Å². The lowest BCUT2D eigenvalue weighted by Gasteiger charge is -2.34. The highest BCUT2D eigenvalue weighted by atomic mass is 19.4. The topological polar surface area (TPSA) is 84.1 Å². The van der Waals surface area contributed by atoms with Crippen molar-refractivity contribution in [1.29, 1.82) is 0 Å². The number of piperidine rings is 1. The highest BCUT2D eigenvalue weighted by Crippen LogP contribution is 2.41. The van der Waals surface area contributed by atoms with Crippen molar-refractivity contribution in [3.8, 4) is 0 Å². The Morgan fingerprint density at radius 1 is 1.08 bits per heavy atom. The first-order valence-electron chi connectivity index (χ1n) is 13.3. The molecular formula is C29H34F3N5O. The standard InChI is InChI=1S/C29H34F3N5O/c1-16(20-12-21(29(30,31)32)14-22(33)13-20)34-28-26-15-25(19-8-10-37(11-9-19)18(3)38)23-6-4-5-7-24(23)27(26)35-17(2)36-28/h12-16,19H,4-11,33H2,1-3H3,(H,34,35,36). The zero-order valence-electron chi connectivity index (χ0n) is 22.1. The Morgan fingerprint density at radius 2 is 1.76 bits per heavy atom. The van der Waals surface area contributed by atoms with Crippen molar-refractivity contribution in [2.45, 2.75) is 77.4 Å². The summed E-state index contributed by atoms with van der Waals surface area (Å²) in [5.74, 6) is 1.69. The van der Waals surface area contributed by atoms with Gasteiger partial charge in [-0.1, -0.05) is 0 Å². The minimum atomic E-state index is -4.48. The minimum absolute atomic E-state index is 0.0699. The SMILES string of the molecule is CC(=O)N1CCC(c2cc3c(NC(C)c4cc(N)cc(C(F)(F)F)c4)nc(C)nc3c3c2CCCC3)CC1. The fraction of sp³-hybridized carbons (Fsp3) is 0.483. The van der Waals surface area contributed by atoms with Crippen LogP contribution in [-0.2, 0) is 23.8 Å². The molecule has 6 nitrogen and oxygen atoms in total. The number of alkyl halides is 3. The van der Waals surface area contributed by atoms with Crippen LogP contribution in [0.2, 0.25) is 0 Å². The number of aryl methyl sites for hydroxylation is 2. The van der Waals surface area contributed by atoms with E-state index in [2.05, 4.69) is 11.4 Å². The van der Waals surface area contributed by atoms with Crippen LogP contribution < -0.4 is 11.1 Å². The zero-order valence-corrected chi connectivity index (χ0v) is 22.1. The fourth-order valence-corrected chi connectivity index (χ4v) is 6.03. The Hall–Kier alpha value is -3.36. The van der Waals surface area contributed by atoms with Gasteiger partial charge in [-0.05, 0) is 105 Å². The van der Waals surface area contributed by atoms with Crippen LogP contribution in [0.4, 0.5) is 24.7 Å². The lowest BCUT2D eigenvalue weighted by atomic mass is 9.79. The lowest BCUT2D eigenvalue weighted by molar-refractivity contribution is -0.137. The molecule has 1 aliphatic carbocycles. The number of nitrogens with two attached hydrogens (primary N) is 1. The number of rotatable bonds is 4. The lowest BCUT2D eigenvalue weighted by Crippen LogP contribution is -2.36. The van der Waals surface area contributed by atoms with Crippen LogP contribution in [0, 0.1) is 6.92 Å². The molecule has 1 unspecified atom stereocenters. The second-order valence-electron chi connectivity index (χ2n) is 10.7. The molecule has 0 radical (unpaired) electrons. The number of benzene rings is 2. The third-order valence-electron chi connectivity index (χ3n) is 8.00. The molecule has 9 heteroatoms. The van der Waals surface area contributed by atoms with Crippen molar-refractivity contribution in [2.75, 3.05) is 24.1 Å². The molecule has 1 saturated heterocycles. The number of nitrogen functional groups attached to an aromatic ring is 1. The number of halogens is 3. The molecule has 1 aromatic heterocycles. The van der Waals surface area contributed by atoms with E-state index in [-0.39, 0.29) is 11.6 Å². The average Bonchev–Trinajstić information content (AvgIpc) is 2.87. The number of hydrogen-bond donors (Lipinski definition) is 2. The molecule has 2 heterocycles. The molecule has 1 fully saturated rings. The quantitative estimate of drug-likeness (QED) is 0.390. The van der Waals surface area contributed by atoms with Gasteiger partial charge in [0.2, 0.25) is 5.91 Å². The van der Waals surface area contributed by atoms with E-state index in [0.29, 0.717) is 23.1 Å². The van der Waals surface area contributed by atoms with E-state index in [4.69, 9.17) is 15.7 Å². The van der Waals surface area contributed by atoms with Crippen molar-refractivity contribution < 1.29 is 18.0 Å². The monoisotopic (exact) mass is 525 g/mol. The molecule has 3 N–H and O–H groups in total. The van der Waals surface area contributed by atoms with E-state index in [1.165, 1.54) is 16.7 Å². The van der Waals surface area contributed by atoms with Crippen molar-refractivity contribution in [1.82, 2.24) is 14.9 Å². The zero-order chi connectivity index (χ0) is 27.2. The molecule has 38 heavy (non-hydrogen) atoms. The first kappa shape index (κ1) is 26.3. The maximum atomic E-state index is 13.4. The van der Waals surface area contributed by atoms with E-state index < -0.39 is 17.8 Å². The Bertz CT molecular complexity index is 1380. The van der Waals surface area contributed by atoms with Gasteiger partial charge in [0.05, 0.1) is 17.1 Å². The number of fused-ring (bicyclic) bond motifs is 3. The summed E-state index contributed by atoms with van der Waals surface area (Å²) in [5.41, 5.74) is 10.5. The van der Waals surface area contributed by atoms with Crippen LogP contribution in [0.1, 0.15) is 85.1 Å². The smallest absolute Gasteiger partial charge is 0.399 e. The number of carbonyl (C=O) groups excluding carboxylic acids is 1. The van der Waals surface area contributed by atoms with Gasteiger partial charge in [0.1, 0.15) is 11.6 Å². The summed E-state index contributed by atoms with van der Waals surface area (Å²) in [6.07, 6.45) is 1.54. The number of anilines is 2. The highest BCUT2D eigenvalue weighted by molar-refractivity contribution is 5.93. The summed E-state index contributed by atoms with van der Waals surface area (Å²) < 4.78 is 40.3. The van der Waals surface area contributed by atoms with Gasteiger partial charge in [0.25, 0.3) is 0 Å². The Morgan fingerprint density at radius 3 is 2.42 bits per heavy atom. The van der Waals surface area contributed by atoms with Crippen molar-refractivity contribution in [3.05, 3.63) is 57.9 Å². The second-order valence-corrected chi connectivity index (χ2v) is 10.7. The molecule has 1 amide bonds. The molecular weight excluding hydrogens is 491 g/mol. The van der Waals surface area contributed by atoms with Crippen LogP contribution in [0.15, 0.2) is 24.3 Å².